The molecule has 17 heavy (non-hydrogen) atoms. The predicted molar refractivity (Wildman–Crippen MR) is 61.5 cm³/mol. The van der Waals surface area contributed by atoms with E-state index in [4.69, 9.17) is 15.2 Å². The third-order valence-corrected chi connectivity index (χ3v) is 2.04. The van der Waals surface area contributed by atoms with E-state index in [1.54, 1.807) is 24.3 Å². The van der Waals surface area contributed by atoms with E-state index in [-0.39, 0.29) is 18.3 Å². The van der Waals surface area contributed by atoms with Gasteiger partial charge in [0, 0.05) is 6.42 Å². The summed E-state index contributed by atoms with van der Waals surface area (Å²) < 4.78 is 9.98. The summed E-state index contributed by atoms with van der Waals surface area (Å²) in [6, 6.07) is 6.52. The fourth-order valence-corrected chi connectivity index (χ4v) is 1.23. The highest BCUT2D eigenvalue weighted by molar-refractivity contribution is 5.95. The first-order valence-electron chi connectivity index (χ1n) is 5.32. The molecule has 0 bridgehead atoms. The van der Waals surface area contributed by atoms with E-state index in [1.165, 1.54) is 0 Å². The molecule has 5 heteroatoms. The van der Waals surface area contributed by atoms with Gasteiger partial charge in [0.15, 0.2) is 0 Å². The highest BCUT2D eigenvalue weighted by atomic mass is 16.7. The van der Waals surface area contributed by atoms with Crippen molar-refractivity contribution >= 4 is 11.9 Å². The molecule has 1 aromatic rings. The van der Waals surface area contributed by atoms with Crippen molar-refractivity contribution in [1.29, 1.82) is 0 Å². The molecular formula is C12H15NO4. The van der Waals surface area contributed by atoms with Gasteiger partial charge in [-0.05, 0) is 18.6 Å². The van der Waals surface area contributed by atoms with Crippen molar-refractivity contribution < 1.29 is 19.1 Å². The summed E-state index contributed by atoms with van der Waals surface area (Å²) in [7, 11) is 0. The second kappa shape index (κ2) is 6.52. The van der Waals surface area contributed by atoms with Crippen LogP contribution >= 0.6 is 0 Å². The Labute approximate surface area is 99.5 Å². The van der Waals surface area contributed by atoms with Crippen LogP contribution in [-0.4, -0.2) is 18.7 Å². The molecule has 0 atom stereocenters. The third kappa shape index (κ3) is 4.14. The number of para-hydroxylation sites is 1. The van der Waals surface area contributed by atoms with E-state index in [0.717, 1.165) is 6.42 Å². The molecule has 1 rings (SSSR count). The zero-order valence-corrected chi connectivity index (χ0v) is 9.64. The quantitative estimate of drug-likeness (QED) is 0.600. The van der Waals surface area contributed by atoms with Crippen LogP contribution in [-0.2, 0) is 9.53 Å². The molecule has 0 unspecified atom stereocenters. The summed E-state index contributed by atoms with van der Waals surface area (Å²) in [5.41, 5.74) is 5.43. The molecule has 0 aliphatic heterocycles. The molecule has 0 fully saturated rings. The Hall–Kier alpha value is -2.04. The van der Waals surface area contributed by atoms with E-state index in [0.29, 0.717) is 12.2 Å². The molecule has 0 aliphatic rings. The number of ether oxygens (including phenoxy) is 2. The van der Waals surface area contributed by atoms with Crippen molar-refractivity contribution in [2.24, 2.45) is 5.73 Å². The van der Waals surface area contributed by atoms with Crippen LogP contribution in [0.4, 0.5) is 0 Å². The molecule has 0 spiro atoms. The van der Waals surface area contributed by atoms with Gasteiger partial charge in [-0.2, -0.15) is 0 Å². The normalized spacial score (nSPS) is 9.71. The standard InChI is InChI=1S/C12H15NO4/c1-2-5-11(14)17-8-16-10-7-4-3-6-9(10)12(13)15/h3-4,6-7H,2,5,8H2,1H3,(H2,13,15). The van der Waals surface area contributed by atoms with Crippen LogP contribution in [0.2, 0.25) is 0 Å². The molecule has 0 saturated carbocycles. The molecular weight excluding hydrogens is 222 g/mol. The molecule has 0 radical (unpaired) electrons. The molecule has 0 saturated heterocycles. The van der Waals surface area contributed by atoms with Crippen molar-refractivity contribution in [2.45, 2.75) is 19.8 Å². The van der Waals surface area contributed by atoms with Gasteiger partial charge < -0.3 is 15.2 Å². The molecule has 1 aromatic carbocycles. The Morgan fingerprint density at radius 3 is 2.65 bits per heavy atom. The minimum atomic E-state index is -0.583. The van der Waals surface area contributed by atoms with Crippen LogP contribution in [0.25, 0.3) is 0 Å². The lowest BCUT2D eigenvalue weighted by Crippen LogP contribution is -2.15. The number of nitrogens with two attached hydrogens (primary N) is 1. The zero-order valence-electron chi connectivity index (χ0n) is 9.64. The summed E-state index contributed by atoms with van der Waals surface area (Å²) in [4.78, 5) is 22.1. The van der Waals surface area contributed by atoms with Crippen molar-refractivity contribution in [3.63, 3.8) is 0 Å². The lowest BCUT2D eigenvalue weighted by atomic mass is 10.2. The van der Waals surface area contributed by atoms with E-state index in [2.05, 4.69) is 0 Å². The van der Waals surface area contributed by atoms with E-state index in [9.17, 15) is 9.59 Å². The Morgan fingerprint density at radius 2 is 2.00 bits per heavy atom. The van der Waals surface area contributed by atoms with Gasteiger partial charge in [-0.25, -0.2) is 0 Å². The van der Waals surface area contributed by atoms with Crippen LogP contribution in [0.3, 0.4) is 0 Å². The fraction of sp³-hybridized carbons (Fsp3) is 0.333. The maximum Gasteiger partial charge on any atom is 0.308 e. The summed E-state index contributed by atoms with van der Waals surface area (Å²) >= 11 is 0. The second-order valence-electron chi connectivity index (χ2n) is 3.39. The summed E-state index contributed by atoms with van der Waals surface area (Å²) in [5.74, 6) is -0.603. The molecule has 0 aliphatic carbocycles. The van der Waals surface area contributed by atoms with Gasteiger partial charge in [0.2, 0.25) is 6.79 Å². The fourth-order valence-electron chi connectivity index (χ4n) is 1.23. The van der Waals surface area contributed by atoms with Crippen LogP contribution in [0.5, 0.6) is 5.75 Å². The Morgan fingerprint density at radius 1 is 1.29 bits per heavy atom. The largest absolute Gasteiger partial charge is 0.457 e. The Bertz CT molecular complexity index is 403. The van der Waals surface area contributed by atoms with Gasteiger partial charge in [0.1, 0.15) is 5.75 Å². The monoisotopic (exact) mass is 237 g/mol. The Balaban J connectivity index is 2.52. The summed E-state index contributed by atoms with van der Waals surface area (Å²) in [5, 5.41) is 0. The zero-order chi connectivity index (χ0) is 12.7. The molecule has 2 N–H and O–H groups in total. The van der Waals surface area contributed by atoms with E-state index < -0.39 is 5.91 Å². The highest BCUT2D eigenvalue weighted by Gasteiger charge is 2.08. The highest BCUT2D eigenvalue weighted by Crippen LogP contribution is 2.16. The number of benzene rings is 1. The average molecular weight is 237 g/mol. The van der Waals surface area contributed by atoms with Crippen molar-refractivity contribution in [1.82, 2.24) is 0 Å². The van der Waals surface area contributed by atoms with Crippen LogP contribution in [0.15, 0.2) is 24.3 Å². The number of carbonyl (C=O) groups is 2. The number of hydrogen-bond acceptors (Lipinski definition) is 4. The second-order valence-corrected chi connectivity index (χ2v) is 3.39. The van der Waals surface area contributed by atoms with Gasteiger partial charge in [-0.15, -0.1) is 0 Å². The number of rotatable bonds is 6. The Kier molecular flexibility index (Phi) is 5.00. The van der Waals surface area contributed by atoms with Crippen molar-refractivity contribution in [3.8, 4) is 5.75 Å². The maximum atomic E-state index is 11.1. The minimum absolute atomic E-state index is 0.219. The number of hydrogen-bond donors (Lipinski definition) is 1. The lowest BCUT2D eigenvalue weighted by Gasteiger charge is -2.09. The third-order valence-electron chi connectivity index (χ3n) is 2.04. The molecule has 1 amide bonds. The summed E-state index contributed by atoms with van der Waals surface area (Å²) in [6.07, 6.45) is 1.07. The van der Waals surface area contributed by atoms with Gasteiger partial charge in [-0.1, -0.05) is 19.1 Å². The van der Waals surface area contributed by atoms with Gasteiger partial charge in [-0.3, -0.25) is 9.59 Å². The average Bonchev–Trinajstić information content (AvgIpc) is 2.30. The van der Waals surface area contributed by atoms with Crippen LogP contribution in [0.1, 0.15) is 30.1 Å². The SMILES string of the molecule is CCCC(=O)OCOc1ccccc1C(N)=O. The van der Waals surface area contributed by atoms with Crippen molar-refractivity contribution in [3.05, 3.63) is 29.8 Å². The molecule has 0 heterocycles. The maximum absolute atomic E-state index is 11.1. The number of esters is 1. The molecule has 5 nitrogen and oxygen atoms in total. The van der Waals surface area contributed by atoms with Crippen molar-refractivity contribution in [2.75, 3.05) is 6.79 Å². The van der Waals surface area contributed by atoms with E-state index in [1.807, 2.05) is 6.92 Å². The van der Waals surface area contributed by atoms with Gasteiger partial charge in [0.25, 0.3) is 5.91 Å². The van der Waals surface area contributed by atoms with Gasteiger partial charge in [0.05, 0.1) is 5.56 Å². The van der Waals surface area contributed by atoms with Crippen LogP contribution < -0.4 is 10.5 Å². The van der Waals surface area contributed by atoms with Crippen LogP contribution in [0, 0.1) is 0 Å². The van der Waals surface area contributed by atoms with E-state index >= 15 is 0 Å². The number of amides is 1. The molecule has 92 valence electrons. The first-order valence-corrected chi connectivity index (χ1v) is 5.32. The predicted octanol–water partition coefficient (Wildman–Crippen LogP) is 1.47. The number of primary amides is 1. The summed E-state index contributed by atoms with van der Waals surface area (Å²) in [6.45, 7) is 1.66. The lowest BCUT2D eigenvalue weighted by molar-refractivity contribution is -0.150. The number of carbonyl (C=O) groups excluding carboxylic acids is 2. The molecule has 0 aromatic heterocycles. The first-order chi connectivity index (χ1) is 8.15. The smallest absolute Gasteiger partial charge is 0.308 e. The topological polar surface area (TPSA) is 78.6 Å². The minimum Gasteiger partial charge on any atom is -0.457 e. The first kappa shape index (κ1) is 13.0. The van der Waals surface area contributed by atoms with Gasteiger partial charge >= 0.3 is 5.97 Å².